The number of benzene rings is 1. The molecule has 6 nitrogen and oxygen atoms in total. The maximum absolute atomic E-state index is 13.3. The lowest BCUT2D eigenvalue weighted by molar-refractivity contribution is 0.237. The molecule has 2 aromatic rings. The highest BCUT2D eigenvalue weighted by Crippen LogP contribution is 2.26. The zero-order valence-corrected chi connectivity index (χ0v) is 13.9. The van der Waals surface area contributed by atoms with E-state index in [1.54, 1.807) is 0 Å². The van der Waals surface area contributed by atoms with E-state index in [0.29, 0.717) is 23.0 Å². The van der Waals surface area contributed by atoms with Crippen molar-refractivity contribution in [1.29, 1.82) is 0 Å². The number of nitrogens with zero attached hydrogens (tertiary/aromatic N) is 3. The van der Waals surface area contributed by atoms with Gasteiger partial charge in [-0.2, -0.15) is 0 Å². The highest BCUT2D eigenvalue weighted by atomic mass is 19.2. The van der Waals surface area contributed by atoms with E-state index in [2.05, 4.69) is 25.5 Å². The molecule has 1 saturated heterocycles. The van der Waals surface area contributed by atoms with Gasteiger partial charge < -0.3 is 21.3 Å². The summed E-state index contributed by atoms with van der Waals surface area (Å²) in [7, 11) is 0. The Morgan fingerprint density at radius 2 is 1.80 bits per heavy atom. The molecule has 0 amide bonds. The fourth-order valence-electron chi connectivity index (χ4n) is 2.86. The summed E-state index contributed by atoms with van der Waals surface area (Å²) < 4.78 is 26.3. The maximum atomic E-state index is 13.3. The number of nitrogen functional groups attached to an aromatic ring is 1. The number of anilines is 4. The van der Waals surface area contributed by atoms with E-state index in [-0.39, 0.29) is 0 Å². The molecule has 0 atom stereocenters. The van der Waals surface area contributed by atoms with Crippen molar-refractivity contribution < 1.29 is 8.78 Å². The van der Waals surface area contributed by atoms with Gasteiger partial charge in [-0.1, -0.05) is 6.42 Å². The molecule has 8 heteroatoms. The molecule has 2 heterocycles. The number of aromatic nitrogens is 2. The second kappa shape index (κ2) is 8.06. The number of halogens is 2. The van der Waals surface area contributed by atoms with E-state index in [4.69, 9.17) is 5.73 Å². The molecule has 4 N–H and O–H groups in total. The fourth-order valence-corrected chi connectivity index (χ4v) is 2.86. The summed E-state index contributed by atoms with van der Waals surface area (Å²) in [5, 5.41) is 6.10. The highest BCUT2D eigenvalue weighted by molar-refractivity contribution is 5.77. The van der Waals surface area contributed by atoms with E-state index in [9.17, 15) is 8.78 Å². The van der Waals surface area contributed by atoms with Crippen LogP contribution in [0.5, 0.6) is 0 Å². The average Bonchev–Trinajstić information content (AvgIpc) is 2.62. The number of hydrogen-bond donors (Lipinski definition) is 3. The molecule has 134 valence electrons. The summed E-state index contributed by atoms with van der Waals surface area (Å²) in [6.45, 7) is 3.91. The Morgan fingerprint density at radius 3 is 2.56 bits per heavy atom. The van der Waals surface area contributed by atoms with Crippen LogP contribution in [0.4, 0.5) is 31.8 Å². The van der Waals surface area contributed by atoms with Crippen LogP contribution in [0.15, 0.2) is 24.5 Å². The van der Waals surface area contributed by atoms with Crippen LogP contribution >= 0.6 is 0 Å². The molecule has 0 aliphatic carbocycles. The quantitative estimate of drug-likeness (QED) is 0.745. The Kier molecular flexibility index (Phi) is 5.60. The summed E-state index contributed by atoms with van der Waals surface area (Å²) in [6, 6.07) is 3.52. The Balaban J connectivity index is 1.61. The Bertz CT molecular complexity index is 718. The second-order valence-electron chi connectivity index (χ2n) is 6.07. The van der Waals surface area contributed by atoms with Gasteiger partial charge in [0.1, 0.15) is 12.0 Å². The number of hydrogen-bond acceptors (Lipinski definition) is 6. The Morgan fingerprint density at radius 1 is 1.04 bits per heavy atom. The van der Waals surface area contributed by atoms with Gasteiger partial charge in [-0.3, -0.25) is 0 Å². The molecule has 0 bridgehead atoms. The predicted molar refractivity (Wildman–Crippen MR) is 94.9 cm³/mol. The number of rotatable bonds is 6. The van der Waals surface area contributed by atoms with Crippen LogP contribution in [0.2, 0.25) is 0 Å². The Labute approximate surface area is 145 Å². The van der Waals surface area contributed by atoms with E-state index >= 15 is 0 Å². The molecule has 0 radical (unpaired) electrons. The minimum atomic E-state index is -0.933. The van der Waals surface area contributed by atoms with Crippen LogP contribution in [-0.2, 0) is 0 Å². The first kappa shape index (κ1) is 17.3. The van der Waals surface area contributed by atoms with Crippen LogP contribution < -0.4 is 16.4 Å². The van der Waals surface area contributed by atoms with Gasteiger partial charge in [-0.15, -0.1) is 0 Å². The lowest BCUT2D eigenvalue weighted by atomic mass is 10.1. The number of nitrogens with one attached hydrogen (secondary N) is 2. The van der Waals surface area contributed by atoms with E-state index in [0.717, 1.165) is 38.3 Å². The van der Waals surface area contributed by atoms with Gasteiger partial charge in [-0.25, -0.2) is 18.7 Å². The summed E-state index contributed by atoms with van der Waals surface area (Å²) in [5.74, 6) is -0.961. The van der Waals surface area contributed by atoms with E-state index < -0.39 is 11.6 Å². The van der Waals surface area contributed by atoms with Crippen molar-refractivity contribution in [3.05, 3.63) is 36.2 Å². The zero-order valence-electron chi connectivity index (χ0n) is 13.9. The van der Waals surface area contributed by atoms with Crippen LogP contribution in [0.1, 0.15) is 19.3 Å². The summed E-state index contributed by atoms with van der Waals surface area (Å²) in [5.41, 5.74) is 6.79. The van der Waals surface area contributed by atoms with Crippen molar-refractivity contribution in [2.75, 3.05) is 42.5 Å². The van der Waals surface area contributed by atoms with Crippen molar-refractivity contribution in [2.45, 2.75) is 19.3 Å². The highest BCUT2D eigenvalue weighted by Gasteiger charge is 2.12. The van der Waals surface area contributed by atoms with Crippen LogP contribution in [0, 0.1) is 11.6 Å². The third kappa shape index (κ3) is 4.54. The topological polar surface area (TPSA) is 79.1 Å². The summed E-state index contributed by atoms with van der Waals surface area (Å²) in [6.07, 6.45) is 5.18. The SMILES string of the molecule is Nc1c(NCCN2CCCCC2)ncnc1Nc1ccc(F)c(F)c1. The van der Waals surface area contributed by atoms with Crippen molar-refractivity contribution in [1.82, 2.24) is 14.9 Å². The van der Waals surface area contributed by atoms with E-state index in [1.165, 1.54) is 31.7 Å². The molecule has 0 unspecified atom stereocenters. The molecule has 1 aliphatic rings. The molecule has 1 aromatic heterocycles. The molecule has 1 aromatic carbocycles. The smallest absolute Gasteiger partial charge is 0.160 e. The monoisotopic (exact) mass is 348 g/mol. The molecule has 1 aliphatic heterocycles. The molecule has 1 fully saturated rings. The van der Waals surface area contributed by atoms with Crippen LogP contribution in [-0.4, -0.2) is 41.0 Å². The molecule has 25 heavy (non-hydrogen) atoms. The van der Waals surface area contributed by atoms with Gasteiger partial charge in [0.2, 0.25) is 0 Å². The first-order valence-corrected chi connectivity index (χ1v) is 8.42. The molecular weight excluding hydrogens is 326 g/mol. The van der Waals surface area contributed by atoms with Crippen molar-refractivity contribution in [3.63, 3.8) is 0 Å². The predicted octanol–water partition coefficient (Wildman–Crippen LogP) is 2.98. The lowest BCUT2D eigenvalue weighted by Gasteiger charge is -2.26. The summed E-state index contributed by atoms with van der Waals surface area (Å²) in [4.78, 5) is 10.6. The van der Waals surface area contributed by atoms with Crippen molar-refractivity contribution in [3.8, 4) is 0 Å². The van der Waals surface area contributed by atoms with Gasteiger partial charge in [0, 0.05) is 24.8 Å². The number of likely N-dealkylation sites (tertiary alicyclic amines) is 1. The third-order valence-electron chi connectivity index (χ3n) is 4.24. The normalized spacial score (nSPS) is 15.1. The number of piperidine rings is 1. The Hall–Kier alpha value is -2.48. The molecule has 0 saturated carbocycles. The van der Waals surface area contributed by atoms with Gasteiger partial charge in [0.25, 0.3) is 0 Å². The van der Waals surface area contributed by atoms with Crippen LogP contribution in [0.3, 0.4) is 0 Å². The lowest BCUT2D eigenvalue weighted by Crippen LogP contribution is -2.33. The molecule has 3 rings (SSSR count). The minimum Gasteiger partial charge on any atom is -0.393 e. The minimum absolute atomic E-state index is 0.339. The third-order valence-corrected chi connectivity index (χ3v) is 4.24. The fraction of sp³-hybridized carbons (Fsp3) is 0.412. The zero-order chi connectivity index (χ0) is 17.6. The number of nitrogens with two attached hydrogens (primary N) is 1. The first-order chi connectivity index (χ1) is 12.1. The molecule has 0 spiro atoms. The van der Waals surface area contributed by atoms with Crippen molar-refractivity contribution in [2.24, 2.45) is 0 Å². The van der Waals surface area contributed by atoms with Gasteiger partial charge in [-0.05, 0) is 38.1 Å². The maximum Gasteiger partial charge on any atom is 0.160 e. The average molecular weight is 348 g/mol. The van der Waals surface area contributed by atoms with Gasteiger partial charge >= 0.3 is 0 Å². The van der Waals surface area contributed by atoms with Crippen molar-refractivity contribution >= 4 is 23.0 Å². The van der Waals surface area contributed by atoms with Gasteiger partial charge in [0.15, 0.2) is 23.3 Å². The summed E-state index contributed by atoms with van der Waals surface area (Å²) >= 11 is 0. The molecular formula is C17H22F2N6. The standard InChI is InChI=1S/C17H22F2N6/c18-13-5-4-12(10-14(13)19)24-17-15(20)16(22-11-23-17)21-6-9-25-7-2-1-3-8-25/h4-5,10-11H,1-3,6-9,20H2,(H2,21,22,23,24). The largest absolute Gasteiger partial charge is 0.393 e. The second-order valence-corrected chi connectivity index (χ2v) is 6.07. The van der Waals surface area contributed by atoms with E-state index in [1.807, 2.05) is 0 Å². The van der Waals surface area contributed by atoms with Crippen LogP contribution in [0.25, 0.3) is 0 Å². The first-order valence-electron chi connectivity index (χ1n) is 8.42. The van der Waals surface area contributed by atoms with Gasteiger partial charge in [0.05, 0.1) is 0 Å².